The second-order valence-electron chi connectivity index (χ2n) is 8.22. The Labute approximate surface area is 193 Å². The first kappa shape index (κ1) is 24.9. The smallest absolute Gasteiger partial charge is 0.303 e. The minimum Gasteiger partial charge on any atom is -0.457 e. The molecule has 1 aliphatic rings. The molecule has 3 rings (SSSR count). The van der Waals surface area contributed by atoms with Crippen LogP contribution in [0, 0.1) is 0 Å². The maximum absolute atomic E-state index is 11.9. The van der Waals surface area contributed by atoms with Crippen LogP contribution in [-0.2, 0) is 41.8 Å². The quantitative estimate of drug-likeness (QED) is 0.550. The first-order valence-electron chi connectivity index (χ1n) is 10.8. The first-order chi connectivity index (χ1) is 15.8. The summed E-state index contributed by atoms with van der Waals surface area (Å²) in [6.45, 7) is 2.51. The predicted molar refractivity (Wildman–Crippen MR) is 118 cm³/mol. The third kappa shape index (κ3) is 6.85. The molecule has 0 unspecified atom stereocenters. The molecule has 0 spiro atoms. The minimum absolute atomic E-state index is 0.0920. The van der Waals surface area contributed by atoms with Crippen molar-refractivity contribution in [2.24, 2.45) is 0 Å². The van der Waals surface area contributed by atoms with Crippen LogP contribution in [0.25, 0.3) is 0 Å². The van der Waals surface area contributed by atoms with E-state index in [0.717, 1.165) is 11.1 Å². The van der Waals surface area contributed by atoms with E-state index in [1.54, 1.807) is 0 Å². The molecule has 0 radical (unpaired) electrons. The number of hydrogen-bond acceptors (Lipinski definition) is 8. The third-order valence-corrected chi connectivity index (χ3v) is 5.44. The van der Waals surface area contributed by atoms with Gasteiger partial charge in [-0.25, -0.2) is 0 Å². The molecule has 0 aromatic heterocycles. The summed E-state index contributed by atoms with van der Waals surface area (Å²) in [5, 5.41) is 22.2. The number of hydrogen-bond donors (Lipinski definition) is 2. The van der Waals surface area contributed by atoms with Crippen molar-refractivity contribution in [1.29, 1.82) is 0 Å². The predicted octanol–water partition coefficient (Wildman–Crippen LogP) is 2.15. The molecule has 0 saturated heterocycles. The summed E-state index contributed by atoms with van der Waals surface area (Å²) in [5.74, 6) is -1.27. The third-order valence-electron chi connectivity index (χ3n) is 5.44. The Balaban J connectivity index is 1.83. The van der Waals surface area contributed by atoms with Crippen molar-refractivity contribution in [3.63, 3.8) is 0 Å². The van der Waals surface area contributed by atoms with Crippen molar-refractivity contribution < 1.29 is 38.7 Å². The second-order valence-corrected chi connectivity index (χ2v) is 8.22. The van der Waals surface area contributed by atoms with E-state index in [1.165, 1.54) is 13.8 Å². The molecule has 33 heavy (non-hydrogen) atoms. The van der Waals surface area contributed by atoms with Crippen LogP contribution in [0.1, 0.15) is 31.4 Å². The Morgan fingerprint density at radius 1 is 0.879 bits per heavy atom. The molecule has 2 N–H and O–H groups in total. The molecule has 1 aliphatic carbocycles. The molecule has 0 amide bonds. The van der Waals surface area contributed by atoms with Crippen molar-refractivity contribution in [2.45, 2.75) is 63.5 Å². The molecule has 8 nitrogen and oxygen atoms in total. The second kappa shape index (κ2) is 11.4. The fourth-order valence-corrected chi connectivity index (χ4v) is 3.99. The van der Waals surface area contributed by atoms with Gasteiger partial charge in [0.15, 0.2) is 12.2 Å². The van der Waals surface area contributed by atoms with E-state index in [1.807, 2.05) is 60.7 Å². The summed E-state index contributed by atoms with van der Waals surface area (Å²) in [6, 6.07) is 18.6. The fraction of sp³-hybridized carbons (Fsp3) is 0.440. The van der Waals surface area contributed by atoms with Crippen molar-refractivity contribution in [3.8, 4) is 0 Å². The van der Waals surface area contributed by atoms with Crippen molar-refractivity contribution in [1.82, 2.24) is 0 Å². The number of aliphatic hydroxyl groups excluding tert-OH is 1. The van der Waals surface area contributed by atoms with Gasteiger partial charge in [-0.15, -0.1) is 0 Å². The Morgan fingerprint density at radius 3 is 1.97 bits per heavy atom. The highest BCUT2D eigenvalue weighted by Gasteiger charge is 2.56. The number of carbonyl (C=O) groups excluding carboxylic acids is 2. The highest BCUT2D eigenvalue weighted by atomic mass is 16.6. The summed E-state index contributed by atoms with van der Waals surface area (Å²) in [5.41, 5.74) is -0.0431. The van der Waals surface area contributed by atoms with E-state index < -0.39 is 42.0 Å². The van der Waals surface area contributed by atoms with Crippen molar-refractivity contribution in [2.75, 3.05) is 6.61 Å². The standard InChI is InChI=1S/C25H30O8/c1-17(26)32-22-21(28)13-25(29,16-30-14-19-9-5-3-6-10-19)24(33-18(2)27)23(22)31-15-20-11-7-4-8-12-20/h3-12,21-24,28-29H,13-16H2,1-2H3/t21-,22-,23+,24-,25-/m0/s1. The summed E-state index contributed by atoms with van der Waals surface area (Å²) in [6.07, 6.45) is -4.98. The fourth-order valence-electron chi connectivity index (χ4n) is 3.99. The molecule has 1 fully saturated rings. The number of carbonyl (C=O) groups is 2. The van der Waals surface area contributed by atoms with Crippen molar-refractivity contribution >= 4 is 11.9 Å². The summed E-state index contributed by atoms with van der Waals surface area (Å²) in [4.78, 5) is 23.6. The van der Waals surface area contributed by atoms with Gasteiger partial charge in [0.25, 0.3) is 0 Å². The monoisotopic (exact) mass is 458 g/mol. The largest absolute Gasteiger partial charge is 0.457 e. The van der Waals surface area contributed by atoms with Gasteiger partial charge in [-0.1, -0.05) is 60.7 Å². The highest BCUT2D eigenvalue weighted by molar-refractivity contribution is 5.67. The zero-order valence-corrected chi connectivity index (χ0v) is 18.8. The van der Waals surface area contributed by atoms with Crippen LogP contribution in [0.3, 0.4) is 0 Å². The number of rotatable bonds is 9. The lowest BCUT2D eigenvalue weighted by molar-refractivity contribution is -0.259. The number of esters is 2. The topological polar surface area (TPSA) is 112 Å². The number of aliphatic hydroxyl groups is 2. The average Bonchev–Trinajstić information content (AvgIpc) is 2.77. The van der Waals surface area contributed by atoms with Crippen LogP contribution >= 0.6 is 0 Å². The molecule has 0 aliphatic heterocycles. The van der Waals surface area contributed by atoms with Gasteiger partial charge >= 0.3 is 11.9 Å². The summed E-state index contributed by atoms with van der Waals surface area (Å²) < 4.78 is 22.5. The lowest BCUT2D eigenvalue weighted by Gasteiger charge is -2.48. The molecule has 2 aromatic rings. The van der Waals surface area contributed by atoms with Gasteiger partial charge in [-0.2, -0.15) is 0 Å². The Morgan fingerprint density at radius 2 is 1.42 bits per heavy atom. The lowest BCUT2D eigenvalue weighted by atomic mass is 9.77. The molecular weight excluding hydrogens is 428 g/mol. The Hall–Kier alpha value is -2.78. The summed E-state index contributed by atoms with van der Waals surface area (Å²) >= 11 is 0. The van der Waals surface area contributed by atoms with Crippen LogP contribution in [0.2, 0.25) is 0 Å². The zero-order chi connectivity index (χ0) is 23.8. The van der Waals surface area contributed by atoms with Gasteiger partial charge in [0.05, 0.1) is 25.9 Å². The van der Waals surface area contributed by atoms with Gasteiger partial charge in [0.1, 0.15) is 11.7 Å². The van der Waals surface area contributed by atoms with Crippen LogP contribution < -0.4 is 0 Å². The molecule has 178 valence electrons. The molecule has 0 heterocycles. The maximum Gasteiger partial charge on any atom is 0.303 e. The summed E-state index contributed by atoms with van der Waals surface area (Å²) in [7, 11) is 0. The molecular formula is C25H30O8. The first-order valence-corrected chi connectivity index (χ1v) is 10.8. The van der Waals surface area contributed by atoms with Crippen LogP contribution in [0.4, 0.5) is 0 Å². The number of ether oxygens (including phenoxy) is 4. The molecule has 5 atom stereocenters. The number of benzene rings is 2. The van der Waals surface area contributed by atoms with E-state index in [2.05, 4.69) is 0 Å². The Kier molecular flexibility index (Phi) is 8.57. The average molecular weight is 459 g/mol. The molecule has 0 bridgehead atoms. The van der Waals surface area contributed by atoms with Crippen molar-refractivity contribution in [3.05, 3.63) is 71.8 Å². The van der Waals surface area contributed by atoms with E-state index >= 15 is 0 Å². The molecule has 1 saturated carbocycles. The van der Waals surface area contributed by atoms with Gasteiger partial charge in [0.2, 0.25) is 0 Å². The van der Waals surface area contributed by atoms with E-state index in [0.29, 0.717) is 0 Å². The molecule has 2 aromatic carbocycles. The lowest BCUT2D eigenvalue weighted by Crippen LogP contribution is -2.66. The van der Waals surface area contributed by atoms with Crippen LogP contribution in [0.5, 0.6) is 0 Å². The van der Waals surface area contributed by atoms with E-state index in [-0.39, 0.29) is 26.2 Å². The maximum atomic E-state index is 11.9. The highest BCUT2D eigenvalue weighted by Crippen LogP contribution is 2.36. The Bertz CT molecular complexity index is 903. The minimum atomic E-state index is -1.77. The normalized spacial score (nSPS) is 27.0. The van der Waals surface area contributed by atoms with E-state index in [4.69, 9.17) is 18.9 Å². The van der Waals surface area contributed by atoms with Crippen LogP contribution in [-0.4, -0.2) is 58.8 Å². The zero-order valence-electron chi connectivity index (χ0n) is 18.8. The SMILES string of the molecule is CC(=O)O[C@@H]1[C@@H](OCc2ccccc2)[C@H](OC(C)=O)[C@@](O)(COCc2ccccc2)C[C@@H]1O. The van der Waals surface area contributed by atoms with E-state index in [9.17, 15) is 19.8 Å². The molecule has 8 heteroatoms. The van der Waals surface area contributed by atoms with Gasteiger partial charge in [0, 0.05) is 20.3 Å². The van der Waals surface area contributed by atoms with Gasteiger partial charge < -0.3 is 29.2 Å². The van der Waals surface area contributed by atoms with Gasteiger partial charge in [-0.3, -0.25) is 9.59 Å². The van der Waals surface area contributed by atoms with Crippen LogP contribution in [0.15, 0.2) is 60.7 Å². The van der Waals surface area contributed by atoms with Gasteiger partial charge in [-0.05, 0) is 11.1 Å².